The van der Waals surface area contributed by atoms with E-state index in [1.165, 1.54) is 12.1 Å². The largest absolute Gasteiger partial charge is 0.508 e. The number of alkyl halides is 2. The van der Waals surface area contributed by atoms with Crippen molar-refractivity contribution < 1.29 is 23.5 Å². The number of hydrogen-bond donors (Lipinski definition) is 3. The summed E-state index contributed by atoms with van der Waals surface area (Å²) in [6, 6.07) is 5.36. The molecular formula is C17H21F2N3O3. The van der Waals surface area contributed by atoms with Crippen LogP contribution in [0, 0.1) is 5.92 Å². The van der Waals surface area contributed by atoms with Gasteiger partial charge in [-0.2, -0.15) is 0 Å². The van der Waals surface area contributed by atoms with Crippen molar-refractivity contribution in [3.05, 3.63) is 24.3 Å². The summed E-state index contributed by atoms with van der Waals surface area (Å²) in [5, 5.41) is 14.6. The van der Waals surface area contributed by atoms with Crippen LogP contribution < -0.4 is 10.6 Å². The van der Waals surface area contributed by atoms with E-state index in [2.05, 4.69) is 10.6 Å². The molecule has 8 heteroatoms. The summed E-state index contributed by atoms with van der Waals surface area (Å²) in [6.07, 6.45) is 0.532. The highest BCUT2D eigenvalue weighted by atomic mass is 19.3. The lowest BCUT2D eigenvalue weighted by Crippen LogP contribution is -2.48. The van der Waals surface area contributed by atoms with E-state index in [0.29, 0.717) is 31.6 Å². The van der Waals surface area contributed by atoms with Crippen LogP contribution in [0.5, 0.6) is 5.75 Å². The molecule has 0 aromatic heterocycles. The van der Waals surface area contributed by atoms with Gasteiger partial charge in [0.2, 0.25) is 11.8 Å². The highest BCUT2D eigenvalue weighted by Gasteiger charge is 2.44. The van der Waals surface area contributed by atoms with E-state index in [9.17, 15) is 23.5 Å². The summed E-state index contributed by atoms with van der Waals surface area (Å²) in [6.45, 7) is 0.307. The van der Waals surface area contributed by atoms with Crippen molar-refractivity contribution in [2.75, 3.05) is 25.0 Å². The molecule has 0 saturated carbocycles. The highest BCUT2D eigenvalue weighted by molar-refractivity contribution is 5.93. The molecule has 6 nitrogen and oxygen atoms in total. The van der Waals surface area contributed by atoms with Crippen molar-refractivity contribution in [1.82, 2.24) is 10.2 Å². The van der Waals surface area contributed by atoms with Gasteiger partial charge >= 0.3 is 0 Å². The lowest BCUT2D eigenvalue weighted by Gasteiger charge is -2.33. The van der Waals surface area contributed by atoms with Crippen molar-refractivity contribution in [3.8, 4) is 5.75 Å². The molecule has 2 aliphatic heterocycles. The smallest absolute Gasteiger partial charge is 0.262 e. The van der Waals surface area contributed by atoms with Gasteiger partial charge in [0.05, 0.1) is 12.6 Å². The van der Waals surface area contributed by atoms with Gasteiger partial charge in [-0.25, -0.2) is 8.78 Å². The lowest BCUT2D eigenvalue weighted by molar-refractivity contribution is -0.136. The quantitative estimate of drug-likeness (QED) is 0.721. The number of amides is 2. The molecule has 2 saturated heterocycles. The summed E-state index contributed by atoms with van der Waals surface area (Å²) in [7, 11) is 0. The molecular weight excluding hydrogens is 332 g/mol. The van der Waals surface area contributed by atoms with Gasteiger partial charge in [0.25, 0.3) is 5.92 Å². The fourth-order valence-corrected chi connectivity index (χ4v) is 3.26. The molecule has 3 N–H and O–H groups in total. The minimum atomic E-state index is -2.83. The first-order valence-corrected chi connectivity index (χ1v) is 8.34. The maximum absolute atomic E-state index is 13.2. The van der Waals surface area contributed by atoms with Gasteiger partial charge in [-0.05, 0) is 37.1 Å². The van der Waals surface area contributed by atoms with Crippen LogP contribution in [0.3, 0.4) is 0 Å². The van der Waals surface area contributed by atoms with E-state index in [1.807, 2.05) is 0 Å². The number of anilines is 1. The molecule has 25 heavy (non-hydrogen) atoms. The molecule has 3 rings (SSSR count). The number of phenolic OH excluding ortho intramolecular Hbond substituents is 1. The standard InChI is InChI=1S/C17H21F2N3O3/c18-17(19)9-14(20-10-17)16(25)22-7-5-11(6-8-22)15(24)21-12-1-3-13(23)4-2-12/h1-4,11,14,20,23H,5-10H2,(H,21,24). The zero-order chi connectivity index (χ0) is 18.0. The van der Waals surface area contributed by atoms with Gasteiger partial charge < -0.3 is 15.3 Å². The van der Waals surface area contributed by atoms with E-state index in [-0.39, 0.29) is 23.5 Å². The van der Waals surface area contributed by atoms with E-state index < -0.39 is 24.9 Å². The molecule has 0 radical (unpaired) electrons. The SMILES string of the molecule is O=C(Nc1ccc(O)cc1)C1CCN(C(=O)C2CC(F)(F)CN2)CC1. The number of rotatable bonds is 3. The lowest BCUT2D eigenvalue weighted by atomic mass is 9.95. The molecule has 2 heterocycles. The van der Waals surface area contributed by atoms with Gasteiger partial charge in [-0.15, -0.1) is 0 Å². The zero-order valence-corrected chi connectivity index (χ0v) is 13.7. The first-order valence-electron chi connectivity index (χ1n) is 8.34. The molecule has 1 atom stereocenters. The van der Waals surface area contributed by atoms with Crippen LogP contribution >= 0.6 is 0 Å². The second kappa shape index (κ2) is 6.95. The van der Waals surface area contributed by atoms with Crippen LogP contribution in [0.15, 0.2) is 24.3 Å². The normalized spacial score (nSPS) is 23.4. The summed E-state index contributed by atoms with van der Waals surface area (Å²) in [4.78, 5) is 26.1. The number of hydrogen-bond acceptors (Lipinski definition) is 4. The molecule has 2 fully saturated rings. The summed E-state index contributed by atoms with van der Waals surface area (Å²) in [5.74, 6) is -3.38. The van der Waals surface area contributed by atoms with Gasteiger partial charge in [0, 0.05) is 31.1 Å². The maximum Gasteiger partial charge on any atom is 0.262 e. The number of halogens is 2. The Kier molecular flexibility index (Phi) is 4.89. The molecule has 0 spiro atoms. The van der Waals surface area contributed by atoms with Gasteiger partial charge in [-0.3, -0.25) is 14.9 Å². The Morgan fingerprint density at radius 3 is 2.40 bits per heavy atom. The van der Waals surface area contributed by atoms with Crippen molar-refractivity contribution in [2.45, 2.75) is 31.2 Å². The van der Waals surface area contributed by atoms with E-state index in [4.69, 9.17) is 0 Å². The first kappa shape index (κ1) is 17.6. The predicted octanol–water partition coefficient (Wildman–Crippen LogP) is 1.57. The Balaban J connectivity index is 1.49. The van der Waals surface area contributed by atoms with Gasteiger partial charge in [0.1, 0.15) is 5.75 Å². The third-order valence-corrected chi connectivity index (χ3v) is 4.72. The van der Waals surface area contributed by atoms with Crippen LogP contribution in [-0.4, -0.2) is 53.4 Å². The minimum Gasteiger partial charge on any atom is -0.508 e. The number of benzene rings is 1. The Bertz CT molecular complexity index is 643. The molecule has 1 aromatic rings. The van der Waals surface area contributed by atoms with Crippen molar-refractivity contribution in [2.24, 2.45) is 5.92 Å². The second-order valence-corrected chi connectivity index (χ2v) is 6.63. The van der Waals surface area contributed by atoms with Crippen LogP contribution in [0.25, 0.3) is 0 Å². The Morgan fingerprint density at radius 2 is 1.84 bits per heavy atom. The fourth-order valence-electron chi connectivity index (χ4n) is 3.26. The summed E-state index contributed by atoms with van der Waals surface area (Å²) in [5.41, 5.74) is 0.596. The van der Waals surface area contributed by atoms with Crippen LogP contribution in [0.4, 0.5) is 14.5 Å². The Morgan fingerprint density at radius 1 is 1.20 bits per heavy atom. The average Bonchev–Trinajstić information content (AvgIpc) is 2.96. The number of nitrogens with one attached hydrogen (secondary N) is 2. The average molecular weight is 353 g/mol. The predicted molar refractivity (Wildman–Crippen MR) is 87.4 cm³/mol. The van der Waals surface area contributed by atoms with E-state index in [1.54, 1.807) is 17.0 Å². The first-order chi connectivity index (χ1) is 11.8. The van der Waals surface area contributed by atoms with Crippen molar-refractivity contribution >= 4 is 17.5 Å². The topological polar surface area (TPSA) is 81.7 Å². The Labute approximate surface area is 144 Å². The number of phenols is 1. The fraction of sp³-hybridized carbons (Fsp3) is 0.529. The third kappa shape index (κ3) is 4.25. The van der Waals surface area contributed by atoms with Gasteiger partial charge in [0.15, 0.2) is 0 Å². The highest BCUT2D eigenvalue weighted by Crippen LogP contribution is 2.27. The van der Waals surface area contributed by atoms with Crippen molar-refractivity contribution in [1.29, 1.82) is 0 Å². The number of piperidine rings is 1. The monoisotopic (exact) mass is 353 g/mol. The third-order valence-electron chi connectivity index (χ3n) is 4.72. The molecule has 0 aliphatic carbocycles. The maximum atomic E-state index is 13.2. The molecule has 1 aromatic carbocycles. The Hall–Kier alpha value is -2.22. The molecule has 2 aliphatic rings. The zero-order valence-electron chi connectivity index (χ0n) is 13.7. The molecule has 1 unspecified atom stereocenters. The number of carbonyl (C=O) groups excluding carboxylic acids is 2. The van der Waals surface area contributed by atoms with Crippen LogP contribution in [-0.2, 0) is 9.59 Å². The van der Waals surface area contributed by atoms with Crippen LogP contribution in [0.1, 0.15) is 19.3 Å². The van der Waals surface area contributed by atoms with E-state index in [0.717, 1.165) is 0 Å². The van der Waals surface area contributed by atoms with Gasteiger partial charge in [-0.1, -0.05) is 0 Å². The van der Waals surface area contributed by atoms with Crippen molar-refractivity contribution in [3.63, 3.8) is 0 Å². The second-order valence-electron chi connectivity index (χ2n) is 6.63. The summed E-state index contributed by atoms with van der Waals surface area (Å²) >= 11 is 0. The molecule has 2 amide bonds. The minimum absolute atomic E-state index is 0.121. The number of aromatic hydroxyl groups is 1. The number of carbonyl (C=O) groups is 2. The molecule has 0 bridgehead atoms. The number of likely N-dealkylation sites (tertiary alicyclic amines) is 1. The van der Waals surface area contributed by atoms with Crippen LogP contribution in [0.2, 0.25) is 0 Å². The molecule has 136 valence electrons. The van der Waals surface area contributed by atoms with E-state index >= 15 is 0 Å². The summed E-state index contributed by atoms with van der Waals surface area (Å²) < 4.78 is 26.4. The number of nitrogens with zero attached hydrogens (tertiary/aromatic N) is 1.